The normalized spacial score (nSPS) is 16.7. The van der Waals surface area contributed by atoms with E-state index in [1.165, 1.54) is 7.11 Å². The van der Waals surface area contributed by atoms with Crippen LogP contribution in [0.2, 0.25) is 0 Å². The zero-order chi connectivity index (χ0) is 14.0. The molecule has 104 valence electrons. The molecular formula is C14H20N2O3. The minimum Gasteiger partial charge on any atom is -0.493 e. The molecule has 1 aromatic rings. The second-order valence-corrected chi connectivity index (χ2v) is 4.92. The number of amides is 1. The summed E-state index contributed by atoms with van der Waals surface area (Å²) in [5, 5.41) is 0. The average Bonchev–Trinajstić information content (AvgIpc) is 2.41. The summed E-state index contributed by atoms with van der Waals surface area (Å²) in [5.74, 6) is 0.967. The minimum absolute atomic E-state index is 0.0646. The van der Waals surface area contributed by atoms with Gasteiger partial charge in [0.2, 0.25) is 0 Å². The van der Waals surface area contributed by atoms with Crippen molar-refractivity contribution >= 4 is 5.91 Å². The molecule has 1 fully saturated rings. The van der Waals surface area contributed by atoms with Gasteiger partial charge in [0.15, 0.2) is 11.5 Å². The monoisotopic (exact) mass is 264 g/mol. The Kier molecular flexibility index (Phi) is 3.66. The second kappa shape index (κ2) is 5.09. The summed E-state index contributed by atoms with van der Waals surface area (Å²) in [5.41, 5.74) is 6.36. The van der Waals surface area contributed by atoms with E-state index in [-0.39, 0.29) is 11.4 Å². The molecule has 0 atom stereocenters. The van der Waals surface area contributed by atoms with Crippen LogP contribution in [-0.4, -0.2) is 43.7 Å². The number of nitrogens with two attached hydrogens (primary N) is 1. The van der Waals surface area contributed by atoms with Crippen LogP contribution in [-0.2, 0) is 0 Å². The summed E-state index contributed by atoms with van der Waals surface area (Å²) in [7, 11) is 3.09. The van der Waals surface area contributed by atoms with Crippen molar-refractivity contribution in [1.29, 1.82) is 0 Å². The zero-order valence-corrected chi connectivity index (χ0v) is 11.6. The Morgan fingerprint density at radius 3 is 2.58 bits per heavy atom. The fourth-order valence-electron chi connectivity index (χ4n) is 2.31. The van der Waals surface area contributed by atoms with Gasteiger partial charge in [0, 0.05) is 13.1 Å². The van der Waals surface area contributed by atoms with Crippen molar-refractivity contribution in [2.24, 2.45) is 5.73 Å². The van der Waals surface area contributed by atoms with Gasteiger partial charge in [-0.1, -0.05) is 13.0 Å². The number of nitrogens with zero attached hydrogens (tertiary/aromatic N) is 1. The fourth-order valence-corrected chi connectivity index (χ4v) is 2.31. The molecule has 2 rings (SSSR count). The molecule has 1 aromatic carbocycles. The third-order valence-corrected chi connectivity index (χ3v) is 3.64. The number of rotatable bonds is 4. The SMILES string of the molecule is CCC1(N)CN(C(=O)c2cccc(OC)c2OC)C1. The molecule has 0 saturated carbocycles. The van der Waals surface area contributed by atoms with Crippen LogP contribution in [0, 0.1) is 0 Å². The van der Waals surface area contributed by atoms with Crippen LogP contribution in [0.15, 0.2) is 18.2 Å². The standard InChI is InChI=1S/C14H20N2O3/c1-4-14(15)8-16(9-14)13(17)10-6-5-7-11(18-2)12(10)19-3/h5-7H,4,8-9,15H2,1-3H3. The Labute approximate surface area is 113 Å². The van der Waals surface area contributed by atoms with Crippen molar-refractivity contribution in [3.63, 3.8) is 0 Å². The summed E-state index contributed by atoms with van der Waals surface area (Å²) in [6.07, 6.45) is 0.867. The van der Waals surface area contributed by atoms with Crippen molar-refractivity contribution in [2.45, 2.75) is 18.9 Å². The Bertz CT molecular complexity index is 482. The van der Waals surface area contributed by atoms with E-state index in [2.05, 4.69) is 0 Å². The molecular weight excluding hydrogens is 244 g/mol. The van der Waals surface area contributed by atoms with Crippen molar-refractivity contribution < 1.29 is 14.3 Å². The number of ether oxygens (including phenoxy) is 2. The molecule has 5 nitrogen and oxygen atoms in total. The van der Waals surface area contributed by atoms with Gasteiger partial charge in [-0.2, -0.15) is 0 Å². The summed E-state index contributed by atoms with van der Waals surface area (Å²) in [4.78, 5) is 14.2. The van der Waals surface area contributed by atoms with Crippen molar-refractivity contribution in [1.82, 2.24) is 4.90 Å². The van der Waals surface area contributed by atoms with E-state index in [0.29, 0.717) is 30.2 Å². The van der Waals surface area contributed by atoms with Gasteiger partial charge in [-0.3, -0.25) is 4.79 Å². The smallest absolute Gasteiger partial charge is 0.257 e. The fraction of sp³-hybridized carbons (Fsp3) is 0.500. The second-order valence-electron chi connectivity index (χ2n) is 4.92. The molecule has 5 heteroatoms. The van der Waals surface area contributed by atoms with E-state index in [4.69, 9.17) is 15.2 Å². The third kappa shape index (κ3) is 2.38. The molecule has 0 aliphatic carbocycles. The Hall–Kier alpha value is -1.75. The van der Waals surface area contributed by atoms with Crippen LogP contribution in [0.25, 0.3) is 0 Å². The van der Waals surface area contributed by atoms with Gasteiger partial charge in [-0.15, -0.1) is 0 Å². The first-order chi connectivity index (χ1) is 9.04. The van der Waals surface area contributed by atoms with Crippen molar-refractivity contribution in [2.75, 3.05) is 27.3 Å². The molecule has 0 bridgehead atoms. The molecule has 0 radical (unpaired) electrons. The lowest BCUT2D eigenvalue weighted by atomic mass is 9.87. The molecule has 0 spiro atoms. The molecule has 1 heterocycles. The summed E-state index contributed by atoms with van der Waals surface area (Å²) >= 11 is 0. The highest BCUT2D eigenvalue weighted by molar-refractivity contribution is 5.98. The summed E-state index contributed by atoms with van der Waals surface area (Å²) < 4.78 is 10.5. The molecule has 0 unspecified atom stereocenters. The predicted molar refractivity (Wildman–Crippen MR) is 72.7 cm³/mol. The van der Waals surface area contributed by atoms with Crippen molar-refractivity contribution in [3.8, 4) is 11.5 Å². The number of methoxy groups -OCH3 is 2. The number of benzene rings is 1. The van der Waals surface area contributed by atoms with Crippen molar-refractivity contribution in [3.05, 3.63) is 23.8 Å². The number of carbonyl (C=O) groups is 1. The first-order valence-corrected chi connectivity index (χ1v) is 6.34. The number of hydrogen-bond donors (Lipinski definition) is 1. The maximum atomic E-state index is 12.4. The highest BCUT2D eigenvalue weighted by atomic mass is 16.5. The van der Waals surface area contributed by atoms with Gasteiger partial charge >= 0.3 is 0 Å². The van der Waals surface area contributed by atoms with Gasteiger partial charge in [0.05, 0.1) is 25.3 Å². The first kappa shape index (κ1) is 13.7. The molecule has 1 aliphatic heterocycles. The lowest BCUT2D eigenvalue weighted by Gasteiger charge is -2.47. The van der Waals surface area contributed by atoms with E-state index < -0.39 is 0 Å². The highest BCUT2D eigenvalue weighted by Crippen LogP contribution is 2.33. The molecule has 1 aliphatic rings. The predicted octanol–water partition coefficient (Wildman–Crippen LogP) is 1.27. The minimum atomic E-state index is -0.234. The number of likely N-dealkylation sites (tertiary alicyclic amines) is 1. The van der Waals surface area contributed by atoms with E-state index in [9.17, 15) is 4.79 Å². The van der Waals surface area contributed by atoms with Crippen LogP contribution in [0.4, 0.5) is 0 Å². The van der Waals surface area contributed by atoms with Gasteiger partial charge in [-0.25, -0.2) is 0 Å². The third-order valence-electron chi connectivity index (χ3n) is 3.64. The van der Waals surface area contributed by atoms with Gasteiger partial charge in [-0.05, 0) is 18.6 Å². The lowest BCUT2D eigenvalue weighted by Crippen LogP contribution is -2.68. The average molecular weight is 264 g/mol. The van der Waals surface area contributed by atoms with Crippen LogP contribution < -0.4 is 15.2 Å². The molecule has 2 N–H and O–H groups in total. The number of hydrogen-bond acceptors (Lipinski definition) is 4. The van der Waals surface area contributed by atoms with E-state index in [1.807, 2.05) is 6.92 Å². The van der Waals surface area contributed by atoms with Gasteiger partial charge < -0.3 is 20.1 Å². The number of carbonyl (C=O) groups excluding carboxylic acids is 1. The van der Waals surface area contributed by atoms with E-state index in [0.717, 1.165) is 6.42 Å². The molecule has 0 aromatic heterocycles. The van der Waals surface area contributed by atoms with Crippen LogP contribution in [0.3, 0.4) is 0 Å². The van der Waals surface area contributed by atoms with Crippen LogP contribution in [0.5, 0.6) is 11.5 Å². The molecule has 1 amide bonds. The highest BCUT2D eigenvalue weighted by Gasteiger charge is 2.41. The Balaban J connectivity index is 2.21. The number of para-hydroxylation sites is 1. The maximum Gasteiger partial charge on any atom is 0.257 e. The summed E-state index contributed by atoms with van der Waals surface area (Å²) in [6, 6.07) is 5.29. The summed E-state index contributed by atoms with van der Waals surface area (Å²) in [6.45, 7) is 3.21. The zero-order valence-electron chi connectivity index (χ0n) is 11.6. The molecule has 19 heavy (non-hydrogen) atoms. The Morgan fingerprint density at radius 2 is 2.05 bits per heavy atom. The van der Waals surface area contributed by atoms with Crippen LogP contribution >= 0.6 is 0 Å². The topological polar surface area (TPSA) is 64.8 Å². The molecule has 1 saturated heterocycles. The largest absolute Gasteiger partial charge is 0.493 e. The quantitative estimate of drug-likeness (QED) is 0.889. The van der Waals surface area contributed by atoms with E-state index in [1.54, 1.807) is 30.2 Å². The van der Waals surface area contributed by atoms with Crippen LogP contribution in [0.1, 0.15) is 23.7 Å². The van der Waals surface area contributed by atoms with Gasteiger partial charge in [0.1, 0.15) is 0 Å². The van der Waals surface area contributed by atoms with E-state index >= 15 is 0 Å². The first-order valence-electron chi connectivity index (χ1n) is 6.34. The lowest BCUT2D eigenvalue weighted by molar-refractivity contribution is 0.0398. The van der Waals surface area contributed by atoms with Gasteiger partial charge in [0.25, 0.3) is 5.91 Å². The maximum absolute atomic E-state index is 12.4. The Morgan fingerprint density at radius 1 is 1.37 bits per heavy atom.